The Morgan fingerprint density at radius 3 is 2.17 bits per heavy atom. The van der Waals surface area contributed by atoms with Gasteiger partial charge in [0.15, 0.2) is 23.0 Å². The Hall–Kier alpha value is -4.40. The molecule has 1 N–H and O–H groups in total. The van der Waals surface area contributed by atoms with Crippen LogP contribution in [0.3, 0.4) is 0 Å². The molecule has 46 heavy (non-hydrogen) atoms. The van der Waals surface area contributed by atoms with E-state index in [9.17, 15) is 5.11 Å². The zero-order valence-electron chi connectivity index (χ0n) is 27.5. The van der Waals surface area contributed by atoms with Gasteiger partial charge < -0.3 is 28.8 Å². The fourth-order valence-electron chi connectivity index (χ4n) is 7.55. The second-order valence-corrected chi connectivity index (χ2v) is 12.6. The molecule has 2 atom stereocenters. The van der Waals surface area contributed by atoms with E-state index < -0.39 is 0 Å². The molecule has 7 rings (SSSR count). The minimum Gasteiger partial charge on any atom is -0.507 e. The predicted octanol–water partition coefficient (Wildman–Crippen LogP) is 6.74. The van der Waals surface area contributed by atoms with Crippen LogP contribution in [0.4, 0.5) is 0 Å². The van der Waals surface area contributed by atoms with Crippen LogP contribution in [0.2, 0.25) is 0 Å². The molecule has 3 aliphatic rings. The highest BCUT2D eigenvalue weighted by molar-refractivity contribution is 5.75. The molecular weight excluding hydrogens is 580 g/mol. The van der Waals surface area contributed by atoms with Crippen LogP contribution < -0.4 is 23.7 Å². The summed E-state index contributed by atoms with van der Waals surface area (Å²) in [6.45, 7) is 1.80. The normalized spacial score (nSPS) is 19.1. The van der Waals surface area contributed by atoms with E-state index >= 15 is 0 Å². The number of nitrogens with zero attached hydrogens (tertiary/aromatic N) is 2. The van der Waals surface area contributed by atoms with Crippen LogP contribution in [0.15, 0.2) is 54.6 Å². The zero-order valence-corrected chi connectivity index (χ0v) is 27.5. The van der Waals surface area contributed by atoms with Gasteiger partial charge in [-0.15, -0.1) is 0 Å². The van der Waals surface area contributed by atoms with E-state index in [2.05, 4.69) is 54.2 Å². The standard InChI is InChI=1S/C38H42N2O6/c1-39-13-11-24-18-33(43-4)34-21-28(24)30(39)16-22-7-10-32(41)29(15-22)27-20-26(42-3)9-8-23(27)17-31-36-25(12-14-40(31)2)19-35(44-5)37(45-6)38(36)46-34/h7-10,15,18-21,30-31,41H,11-14,16-17H2,1-6H3. The van der Waals surface area contributed by atoms with E-state index in [0.29, 0.717) is 35.2 Å². The first-order valence-corrected chi connectivity index (χ1v) is 15.9. The summed E-state index contributed by atoms with van der Waals surface area (Å²) in [5.41, 5.74) is 8.69. The maximum atomic E-state index is 11.3. The van der Waals surface area contributed by atoms with Gasteiger partial charge in [0.2, 0.25) is 5.75 Å². The summed E-state index contributed by atoms with van der Waals surface area (Å²) in [6, 6.07) is 18.6. The number of fused-ring (bicyclic) bond motifs is 5. The molecule has 240 valence electrons. The van der Waals surface area contributed by atoms with Gasteiger partial charge in [-0.2, -0.15) is 0 Å². The lowest BCUT2D eigenvalue weighted by Crippen LogP contribution is -2.34. The Balaban J connectivity index is 1.54. The van der Waals surface area contributed by atoms with E-state index in [0.717, 1.165) is 71.5 Å². The average molecular weight is 623 g/mol. The molecule has 0 aromatic heterocycles. The fourth-order valence-corrected chi connectivity index (χ4v) is 7.55. The molecule has 3 heterocycles. The second kappa shape index (κ2) is 12.1. The average Bonchev–Trinajstić information content (AvgIpc) is 3.07. The number of hydrogen-bond donors (Lipinski definition) is 1. The van der Waals surface area contributed by atoms with E-state index in [-0.39, 0.29) is 17.8 Å². The number of phenols is 1. The van der Waals surface area contributed by atoms with Crippen molar-refractivity contribution < 1.29 is 28.8 Å². The molecule has 3 aliphatic heterocycles. The Morgan fingerprint density at radius 1 is 0.696 bits per heavy atom. The number of phenolic OH excluding ortho intramolecular Hbond substituents is 1. The maximum Gasteiger partial charge on any atom is 0.204 e. The molecule has 0 fully saturated rings. The summed E-state index contributed by atoms with van der Waals surface area (Å²) < 4.78 is 30.6. The van der Waals surface area contributed by atoms with Gasteiger partial charge in [-0.3, -0.25) is 9.80 Å². The lowest BCUT2D eigenvalue weighted by Gasteiger charge is -2.37. The Labute approximate surface area is 271 Å². The summed E-state index contributed by atoms with van der Waals surface area (Å²) in [6.07, 6.45) is 3.19. The van der Waals surface area contributed by atoms with E-state index in [1.54, 1.807) is 28.4 Å². The van der Waals surface area contributed by atoms with E-state index in [1.807, 2.05) is 24.3 Å². The number of ether oxygens (including phenoxy) is 5. The van der Waals surface area contributed by atoms with Crippen LogP contribution in [0.1, 0.15) is 45.5 Å². The quantitative estimate of drug-likeness (QED) is 0.268. The number of rotatable bonds is 4. The lowest BCUT2D eigenvalue weighted by atomic mass is 9.85. The third-order valence-corrected chi connectivity index (χ3v) is 10.1. The third-order valence-electron chi connectivity index (χ3n) is 10.1. The monoisotopic (exact) mass is 622 g/mol. The van der Waals surface area contributed by atoms with Gasteiger partial charge in [0.25, 0.3) is 0 Å². The van der Waals surface area contributed by atoms with Gasteiger partial charge in [0, 0.05) is 36.3 Å². The van der Waals surface area contributed by atoms with E-state index in [1.165, 1.54) is 11.1 Å². The van der Waals surface area contributed by atoms with E-state index in [4.69, 9.17) is 23.7 Å². The highest BCUT2D eigenvalue weighted by Crippen LogP contribution is 2.52. The molecule has 8 nitrogen and oxygen atoms in total. The van der Waals surface area contributed by atoms with Gasteiger partial charge in [-0.1, -0.05) is 12.1 Å². The molecule has 0 saturated carbocycles. The number of hydrogen-bond acceptors (Lipinski definition) is 8. The van der Waals surface area contributed by atoms with Gasteiger partial charge in [0.05, 0.1) is 28.4 Å². The topological polar surface area (TPSA) is 72.9 Å². The first-order chi connectivity index (χ1) is 22.3. The van der Waals surface area contributed by atoms with Crippen LogP contribution in [0, 0.1) is 0 Å². The van der Waals surface area contributed by atoms with Crippen molar-refractivity contribution in [1.29, 1.82) is 0 Å². The van der Waals surface area contributed by atoms with Crippen LogP contribution in [0.25, 0.3) is 11.1 Å². The Kier molecular flexibility index (Phi) is 7.95. The van der Waals surface area contributed by atoms with Crippen molar-refractivity contribution in [3.8, 4) is 51.4 Å². The summed E-state index contributed by atoms with van der Waals surface area (Å²) in [5.74, 6) is 4.16. The molecule has 8 heteroatoms. The Morgan fingerprint density at radius 2 is 1.43 bits per heavy atom. The van der Waals surface area contributed by atoms with Gasteiger partial charge in [-0.05, 0) is 116 Å². The van der Waals surface area contributed by atoms with Crippen molar-refractivity contribution in [3.05, 3.63) is 88.0 Å². The van der Waals surface area contributed by atoms with Crippen molar-refractivity contribution in [2.45, 2.75) is 37.8 Å². The maximum absolute atomic E-state index is 11.3. The lowest BCUT2D eigenvalue weighted by molar-refractivity contribution is 0.220. The van der Waals surface area contributed by atoms with Crippen molar-refractivity contribution in [1.82, 2.24) is 9.80 Å². The van der Waals surface area contributed by atoms with Crippen molar-refractivity contribution >= 4 is 0 Å². The summed E-state index contributed by atoms with van der Waals surface area (Å²) in [5, 5.41) is 11.3. The van der Waals surface area contributed by atoms with Crippen molar-refractivity contribution in [3.63, 3.8) is 0 Å². The third kappa shape index (κ3) is 5.10. The molecule has 0 amide bonds. The number of likely N-dealkylation sites (N-methyl/N-ethyl adjacent to an activating group) is 2. The zero-order chi connectivity index (χ0) is 32.1. The predicted molar refractivity (Wildman–Crippen MR) is 178 cm³/mol. The molecule has 2 unspecified atom stereocenters. The van der Waals surface area contributed by atoms with Crippen LogP contribution >= 0.6 is 0 Å². The molecule has 4 aromatic rings. The number of aromatic hydroxyl groups is 1. The Bertz CT molecular complexity index is 1800. The first kappa shape index (κ1) is 30.3. The first-order valence-electron chi connectivity index (χ1n) is 15.9. The van der Waals surface area contributed by atoms with Gasteiger partial charge in [0.1, 0.15) is 11.5 Å². The smallest absolute Gasteiger partial charge is 0.204 e. The molecule has 0 aliphatic carbocycles. The number of benzene rings is 4. The number of methoxy groups -OCH3 is 4. The van der Waals surface area contributed by atoms with Gasteiger partial charge >= 0.3 is 0 Å². The minimum absolute atomic E-state index is 0.0522. The highest BCUT2D eigenvalue weighted by atomic mass is 16.5. The fraction of sp³-hybridized carbons (Fsp3) is 0.368. The summed E-state index contributed by atoms with van der Waals surface area (Å²) in [7, 11) is 11.0. The molecule has 0 radical (unpaired) electrons. The SMILES string of the molecule is COc1ccc2c(c1)-c1cc(ccc1O)CC1c3cc(c(OC)cc3CCN1C)Oc1c(OC)c(OC)cc3c1C(C2)N(C)CC3. The molecule has 0 spiro atoms. The van der Waals surface area contributed by atoms with Crippen LogP contribution in [-0.2, 0) is 25.7 Å². The molecular formula is C38H42N2O6. The highest BCUT2D eigenvalue weighted by Gasteiger charge is 2.35. The van der Waals surface area contributed by atoms with Crippen molar-refractivity contribution in [2.24, 2.45) is 0 Å². The van der Waals surface area contributed by atoms with Crippen LogP contribution in [-0.4, -0.2) is 70.5 Å². The summed E-state index contributed by atoms with van der Waals surface area (Å²) >= 11 is 0. The molecule has 0 saturated heterocycles. The summed E-state index contributed by atoms with van der Waals surface area (Å²) in [4.78, 5) is 4.78. The minimum atomic E-state index is -0.0522. The molecule has 4 aromatic carbocycles. The largest absolute Gasteiger partial charge is 0.507 e. The molecule has 4 bridgehead atoms. The second-order valence-electron chi connectivity index (χ2n) is 12.6. The van der Waals surface area contributed by atoms with Gasteiger partial charge in [-0.25, -0.2) is 0 Å². The van der Waals surface area contributed by atoms with Crippen molar-refractivity contribution in [2.75, 3.05) is 55.6 Å². The van der Waals surface area contributed by atoms with Crippen LogP contribution in [0.5, 0.6) is 40.2 Å².